The van der Waals surface area contributed by atoms with Gasteiger partial charge in [0.1, 0.15) is 0 Å². The second kappa shape index (κ2) is 9.36. The Balaban J connectivity index is 1.28. The van der Waals surface area contributed by atoms with Crippen molar-refractivity contribution in [1.82, 2.24) is 24.6 Å². The molecule has 0 spiro atoms. The molecule has 0 bridgehead atoms. The lowest BCUT2D eigenvalue weighted by Crippen LogP contribution is -2.40. The standard InChI is InChI=1S/C22H27F3N6S2/c1-14-18(33-15(2)27-14)19-28-29-20(30(19)3)32-12-4-10-31-11-9-21(26,13-31)16-5-7-17(8-6-16)22(23,24)25/h5-8H,4,9-13,26H2,1-3H3/t21-/m1/s1. The summed E-state index contributed by atoms with van der Waals surface area (Å²) in [6, 6.07) is 5.27. The van der Waals surface area contributed by atoms with E-state index in [4.69, 9.17) is 5.73 Å². The van der Waals surface area contributed by atoms with Crippen molar-refractivity contribution in [1.29, 1.82) is 0 Å². The van der Waals surface area contributed by atoms with Crippen LogP contribution in [0.1, 0.15) is 34.7 Å². The quantitative estimate of drug-likeness (QED) is 0.380. The van der Waals surface area contributed by atoms with E-state index in [-0.39, 0.29) is 0 Å². The third-order valence-electron chi connectivity index (χ3n) is 5.96. The second-order valence-electron chi connectivity index (χ2n) is 8.47. The molecule has 0 radical (unpaired) electrons. The van der Waals surface area contributed by atoms with Gasteiger partial charge in [-0.15, -0.1) is 21.5 Å². The predicted octanol–water partition coefficient (Wildman–Crippen LogP) is 4.62. The lowest BCUT2D eigenvalue weighted by molar-refractivity contribution is -0.137. The zero-order chi connectivity index (χ0) is 23.8. The molecule has 178 valence electrons. The number of thioether (sulfide) groups is 1. The number of alkyl halides is 3. The fourth-order valence-corrected chi connectivity index (χ4v) is 5.94. The van der Waals surface area contributed by atoms with Gasteiger partial charge in [0.25, 0.3) is 0 Å². The summed E-state index contributed by atoms with van der Waals surface area (Å²) in [5.41, 5.74) is 7.03. The monoisotopic (exact) mass is 496 g/mol. The highest BCUT2D eigenvalue weighted by molar-refractivity contribution is 7.99. The van der Waals surface area contributed by atoms with Crippen LogP contribution in [0.25, 0.3) is 10.7 Å². The number of nitrogens with two attached hydrogens (primary N) is 1. The summed E-state index contributed by atoms with van der Waals surface area (Å²) in [5.74, 6) is 1.73. The van der Waals surface area contributed by atoms with Crippen molar-refractivity contribution in [2.45, 2.75) is 43.6 Å². The summed E-state index contributed by atoms with van der Waals surface area (Å²) in [6.07, 6.45) is -2.65. The van der Waals surface area contributed by atoms with E-state index in [2.05, 4.69) is 20.1 Å². The van der Waals surface area contributed by atoms with E-state index in [1.807, 2.05) is 25.5 Å². The maximum Gasteiger partial charge on any atom is 0.416 e. The average molecular weight is 497 g/mol. The average Bonchev–Trinajstić information content (AvgIpc) is 3.42. The number of nitrogens with zero attached hydrogens (tertiary/aromatic N) is 5. The van der Waals surface area contributed by atoms with Crippen LogP contribution in [0.3, 0.4) is 0 Å². The minimum absolute atomic E-state index is 0.611. The minimum Gasteiger partial charge on any atom is -0.320 e. The van der Waals surface area contributed by atoms with Crippen LogP contribution in [0.4, 0.5) is 13.2 Å². The number of hydrogen-bond acceptors (Lipinski definition) is 7. The number of benzene rings is 1. The van der Waals surface area contributed by atoms with Crippen LogP contribution in [0, 0.1) is 13.8 Å². The third-order valence-corrected chi connectivity index (χ3v) is 8.13. The molecule has 1 fully saturated rings. The number of likely N-dealkylation sites (tertiary alicyclic amines) is 1. The normalized spacial score (nSPS) is 19.5. The summed E-state index contributed by atoms with van der Waals surface area (Å²) in [6.45, 7) is 6.32. The van der Waals surface area contributed by atoms with Gasteiger partial charge in [0.05, 0.1) is 26.7 Å². The van der Waals surface area contributed by atoms with Gasteiger partial charge < -0.3 is 15.2 Å². The van der Waals surface area contributed by atoms with E-state index < -0.39 is 17.3 Å². The first-order valence-electron chi connectivity index (χ1n) is 10.7. The van der Waals surface area contributed by atoms with Crippen molar-refractivity contribution in [2.24, 2.45) is 12.8 Å². The zero-order valence-electron chi connectivity index (χ0n) is 18.8. The molecule has 1 atom stereocenters. The fraction of sp³-hybridized carbons (Fsp3) is 0.500. The molecular formula is C22H27F3N6S2. The molecular weight excluding hydrogens is 469 g/mol. The Morgan fingerprint density at radius 3 is 2.55 bits per heavy atom. The zero-order valence-corrected chi connectivity index (χ0v) is 20.4. The van der Waals surface area contributed by atoms with Crippen LogP contribution >= 0.6 is 23.1 Å². The van der Waals surface area contributed by atoms with Crippen molar-refractivity contribution < 1.29 is 13.2 Å². The predicted molar refractivity (Wildman–Crippen MR) is 125 cm³/mol. The first kappa shape index (κ1) is 24.2. The van der Waals surface area contributed by atoms with E-state index in [0.717, 1.165) is 75.9 Å². The van der Waals surface area contributed by atoms with Gasteiger partial charge in [-0.05, 0) is 50.9 Å². The number of rotatable bonds is 7. The fourth-order valence-electron chi connectivity index (χ4n) is 4.16. The van der Waals surface area contributed by atoms with Gasteiger partial charge in [-0.3, -0.25) is 0 Å². The molecule has 1 aliphatic rings. The van der Waals surface area contributed by atoms with Crippen molar-refractivity contribution in [2.75, 3.05) is 25.4 Å². The summed E-state index contributed by atoms with van der Waals surface area (Å²) < 4.78 is 40.5. The van der Waals surface area contributed by atoms with E-state index >= 15 is 0 Å². The number of thiazole rings is 1. The third kappa shape index (κ3) is 5.26. The molecule has 0 amide bonds. The van der Waals surface area contributed by atoms with Gasteiger partial charge >= 0.3 is 6.18 Å². The molecule has 1 aliphatic heterocycles. The number of halogens is 3. The van der Waals surface area contributed by atoms with Crippen LogP contribution < -0.4 is 5.73 Å². The Morgan fingerprint density at radius 1 is 1.18 bits per heavy atom. The molecule has 2 N–H and O–H groups in total. The molecule has 0 aliphatic carbocycles. The number of aromatic nitrogens is 4. The molecule has 0 unspecified atom stereocenters. The molecule has 1 saturated heterocycles. The van der Waals surface area contributed by atoms with Crippen LogP contribution in [-0.2, 0) is 18.8 Å². The summed E-state index contributed by atoms with van der Waals surface area (Å²) in [7, 11) is 1.97. The van der Waals surface area contributed by atoms with Gasteiger partial charge in [-0.2, -0.15) is 13.2 Å². The van der Waals surface area contributed by atoms with Crippen molar-refractivity contribution in [3.63, 3.8) is 0 Å². The Morgan fingerprint density at radius 2 is 1.91 bits per heavy atom. The number of aryl methyl sites for hydroxylation is 2. The lowest BCUT2D eigenvalue weighted by atomic mass is 9.89. The van der Waals surface area contributed by atoms with Gasteiger partial charge in [0, 0.05) is 25.9 Å². The largest absolute Gasteiger partial charge is 0.416 e. The van der Waals surface area contributed by atoms with Crippen molar-refractivity contribution in [3.05, 3.63) is 46.1 Å². The van der Waals surface area contributed by atoms with E-state index in [9.17, 15) is 13.2 Å². The van der Waals surface area contributed by atoms with Gasteiger partial charge in [0.2, 0.25) is 0 Å². The molecule has 1 aromatic carbocycles. The smallest absolute Gasteiger partial charge is 0.320 e. The molecule has 2 aromatic heterocycles. The molecule has 4 rings (SSSR count). The van der Waals surface area contributed by atoms with Crippen LogP contribution in [0.5, 0.6) is 0 Å². The number of hydrogen-bond donors (Lipinski definition) is 1. The van der Waals surface area contributed by atoms with Crippen LogP contribution in [-0.4, -0.2) is 50.0 Å². The Hall–Kier alpha value is -1.95. The molecule has 3 aromatic rings. The maximum atomic E-state index is 12.8. The molecule has 33 heavy (non-hydrogen) atoms. The van der Waals surface area contributed by atoms with Gasteiger partial charge in [-0.1, -0.05) is 23.9 Å². The Bertz CT molecular complexity index is 1110. The maximum absolute atomic E-state index is 12.8. The second-order valence-corrected chi connectivity index (χ2v) is 10.7. The highest BCUT2D eigenvalue weighted by Crippen LogP contribution is 2.34. The van der Waals surface area contributed by atoms with Gasteiger partial charge in [0.15, 0.2) is 11.0 Å². The van der Waals surface area contributed by atoms with Gasteiger partial charge in [-0.25, -0.2) is 4.98 Å². The highest BCUT2D eigenvalue weighted by Gasteiger charge is 2.37. The molecule has 6 nitrogen and oxygen atoms in total. The minimum atomic E-state index is -4.33. The Kier molecular flexibility index (Phi) is 6.86. The summed E-state index contributed by atoms with van der Waals surface area (Å²) in [5, 5.41) is 10.6. The van der Waals surface area contributed by atoms with Crippen LogP contribution in [0.2, 0.25) is 0 Å². The van der Waals surface area contributed by atoms with E-state index in [0.29, 0.717) is 6.54 Å². The first-order chi connectivity index (χ1) is 15.6. The van der Waals surface area contributed by atoms with Crippen LogP contribution in [0.15, 0.2) is 29.4 Å². The van der Waals surface area contributed by atoms with Crippen molar-refractivity contribution in [3.8, 4) is 10.7 Å². The SMILES string of the molecule is Cc1nc(C)c(-c2nnc(SCCCN3CC[C@](N)(c4ccc(C(F)(F)F)cc4)C3)n2C)s1. The molecule has 11 heteroatoms. The molecule has 3 heterocycles. The van der Waals surface area contributed by atoms with E-state index in [1.54, 1.807) is 23.1 Å². The molecule has 0 saturated carbocycles. The summed E-state index contributed by atoms with van der Waals surface area (Å²) >= 11 is 3.29. The van der Waals surface area contributed by atoms with Crippen molar-refractivity contribution >= 4 is 23.1 Å². The topological polar surface area (TPSA) is 72.9 Å². The van der Waals surface area contributed by atoms with E-state index in [1.165, 1.54) is 12.1 Å². The highest BCUT2D eigenvalue weighted by atomic mass is 32.2. The first-order valence-corrected chi connectivity index (χ1v) is 12.5. The lowest BCUT2D eigenvalue weighted by Gasteiger charge is -2.25. The Labute approximate surface area is 199 Å². The summed E-state index contributed by atoms with van der Waals surface area (Å²) in [4.78, 5) is 7.80.